The van der Waals surface area contributed by atoms with Crippen LogP contribution in [0.1, 0.15) is 26.2 Å². The van der Waals surface area contributed by atoms with Gasteiger partial charge in [-0.3, -0.25) is 0 Å². The van der Waals surface area contributed by atoms with E-state index in [1.54, 1.807) is 18.2 Å². The zero-order valence-corrected chi connectivity index (χ0v) is 11.0. The van der Waals surface area contributed by atoms with Crippen molar-refractivity contribution in [3.05, 3.63) is 18.2 Å². The Morgan fingerprint density at radius 3 is 2.83 bits per heavy atom. The molecule has 0 aliphatic heterocycles. The number of oxazole rings is 1. The minimum Gasteiger partial charge on any atom is -0.428 e. The fourth-order valence-electron chi connectivity index (χ4n) is 1.68. The highest BCUT2D eigenvalue weighted by Gasteiger charge is 2.21. The first-order valence-corrected chi connectivity index (χ1v) is 7.57. The topological polar surface area (TPSA) is 86.2 Å². The number of nitrogens with two attached hydrogens (primary N) is 1. The summed E-state index contributed by atoms with van der Waals surface area (Å²) in [4.78, 5) is 3.99. The smallest absolute Gasteiger partial charge is 0.316 e. The number of aromatic nitrogens is 1. The van der Waals surface area contributed by atoms with Gasteiger partial charge in [-0.15, -0.1) is 0 Å². The molecule has 5 nitrogen and oxygen atoms in total. The van der Waals surface area contributed by atoms with Crippen molar-refractivity contribution in [3.63, 3.8) is 0 Å². The van der Waals surface area contributed by atoms with Gasteiger partial charge in [0.05, 0.1) is 5.75 Å². The zero-order valence-electron chi connectivity index (χ0n) is 10.2. The molecule has 0 spiro atoms. The standard InChI is InChI=1S/C12H16N2O3S/c1-2-3-4-7-18(15,16)12-14-10-6-5-9(13)8-11(10)17-12/h5-6,8H,2-4,7,13H2,1H3. The van der Waals surface area contributed by atoms with E-state index in [0.29, 0.717) is 23.2 Å². The Hall–Kier alpha value is -1.56. The quantitative estimate of drug-likeness (QED) is 0.664. The van der Waals surface area contributed by atoms with Crippen LogP contribution in [0.4, 0.5) is 5.69 Å². The summed E-state index contributed by atoms with van der Waals surface area (Å²) in [6, 6.07) is 4.89. The number of hydrogen-bond acceptors (Lipinski definition) is 5. The molecule has 0 saturated heterocycles. The highest BCUT2D eigenvalue weighted by molar-refractivity contribution is 7.91. The zero-order chi connectivity index (χ0) is 13.2. The lowest BCUT2D eigenvalue weighted by Crippen LogP contribution is -2.06. The van der Waals surface area contributed by atoms with E-state index < -0.39 is 9.84 Å². The van der Waals surface area contributed by atoms with E-state index in [1.807, 2.05) is 6.92 Å². The van der Waals surface area contributed by atoms with Crippen molar-refractivity contribution < 1.29 is 12.8 Å². The highest BCUT2D eigenvalue weighted by atomic mass is 32.2. The minimum absolute atomic E-state index is 0.0726. The van der Waals surface area contributed by atoms with Crippen LogP contribution in [0.3, 0.4) is 0 Å². The van der Waals surface area contributed by atoms with E-state index in [1.165, 1.54) is 0 Å². The van der Waals surface area contributed by atoms with Crippen LogP contribution < -0.4 is 5.73 Å². The molecule has 2 aromatic rings. The van der Waals surface area contributed by atoms with Crippen LogP contribution in [0.5, 0.6) is 0 Å². The van der Waals surface area contributed by atoms with Gasteiger partial charge in [-0.25, -0.2) is 8.42 Å². The monoisotopic (exact) mass is 268 g/mol. The van der Waals surface area contributed by atoms with Gasteiger partial charge in [-0.1, -0.05) is 19.8 Å². The number of benzene rings is 1. The van der Waals surface area contributed by atoms with Crippen LogP contribution in [-0.4, -0.2) is 19.2 Å². The van der Waals surface area contributed by atoms with Crippen molar-refractivity contribution in [3.8, 4) is 0 Å². The molecule has 1 aromatic heterocycles. The minimum atomic E-state index is -3.43. The van der Waals surface area contributed by atoms with Crippen molar-refractivity contribution in [2.75, 3.05) is 11.5 Å². The van der Waals surface area contributed by atoms with Gasteiger partial charge in [0, 0.05) is 11.8 Å². The number of fused-ring (bicyclic) bond motifs is 1. The van der Waals surface area contributed by atoms with Crippen molar-refractivity contribution in [1.82, 2.24) is 4.98 Å². The second-order valence-corrected chi connectivity index (χ2v) is 6.22. The number of unbranched alkanes of at least 4 members (excludes halogenated alkanes) is 2. The summed E-state index contributed by atoms with van der Waals surface area (Å²) in [7, 11) is -3.43. The van der Waals surface area contributed by atoms with Crippen LogP contribution in [-0.2, 0) is 9.84 Å². The third-order valence-electron chi connectivity index (χ3n) is 2.68. The molecule has 0 atom stereocenters. The third kappa shape index (κ3) is 2.64. The molecule has 0 bridgehead atoms. The highest BCUT2D eigenvalue weighted by Crippen LogP contribution is 2.22. The number of nitrogens with zero attached hydrogens (tertiary/aromatic N) is 1. The Bertz CT molecular complexity index is 646. The lowest BCUT2D eigenvalue weighted by Gasteiger charge is -1.97. The van der Waals surface area contributed by atoms with Gasteiger partial charge in [0.2, 0.25) is 9.84 Å². The number of anilines is 1. The van der Waals surface area contributed by atoms with Crippen LogP contribution in [0.2, 0.25) is 0 Å². The van der Waals surface area contributed by atoms with E-state index in [2.05, 4.69) is 4.98 Å². The molecule has 2 rings (SSSR count). The molecule has 1 heterocycles. The summed E-state index contributed by atoms with van der Waals surface area (Å²) < 4.78 is 29.2. The fourth-order valence-corrected chi connectivity index (χ4v) is 2.90. The summed E-state index contributed by atoms with van der Waals surface area (Å²) in [6.07, 6.45) is 2.48. The summed E-state index contributed by atoms with van der Waals surface area (Å²) in [5, 5.41) is -0.209. The lowest BCUT2D eigenvalue weighted by atomic mass is 10.3. The summed E-state index contributed by atoms with van der Waals surface area (Å²) >= 11 is 0. The van der Waals surface area contributed by atoms with Gasteiger partial charge >= 0.3 is 5.22 Å². The SMILES string of the molecule is CCCCCS(=O)(=O)c1nc2ccc(N)cc2o1. The number of nitrogen functional groups attached to an aromatic ring is 1. The molecule has 98 valence electrons. The average Bonchev–Trinajstić information content (AvgIpc) is 2.72. The van der Waals surface area contributed by atoms with Gasteiger partial charge < -0.3 is 10.2 Å². The van der Waals surface area contributed by atoms with Gasteiger partial charge in [0.25, 0.3) is 0 Å². The lowest BCUT2D eigenvalue weighted by molar-refractivity contribution is 0.457. The van der Waals surface area contributed by atoms with Gasteiger partial charge in [-0.05, 0) is 18.6 Å². The van der Waals surface area contributed by atoms with Crippen LogP contribution in [0, 0.1) is 0 Å². The maximum atomic E-state index is 12.0. The summed E-state index contributed by atoms with van der Waals surface area (Å²) in [5.74, 6) is 0.0726. The molecule has 0 fully saturated rings. The van der Waals surface area contributed by atoms with E-state index in [9.17, 15) is 8.42 Å². The second-order valence-electron chi connectivity index (χ2n) is 4.23. The molecule has 0 amide bonds. The van der Waals surface area contributed by atoms with Crippen LogP contribution >= 0.6 is 0 Å². The molecule has 0 unspecified atom stereocenters. The second kappa shape index (κ2) is 4.97. The average molecular weight is 268 g/mol. The van der Waals surface area contributed by atoms with Crippen LogP contribution in [0.25, 0.3) is 11.1 Å². The molecular weight excluding hydrogens is 252 g/mol. The predicted octanol–water partition coefficient (Wildman–Crippen LogP) is 2.37. The molecule has 18 heavy (non-hydrogen) atoms. The van der Waals surface area contributed by atoms with E-state index >= 15 is 0 Å². The number of sulfone groups is 1. The van der Waals surface area contributed by atoms with E-state index in [-0.39, 0.29) is 11.0 Å². The molecule has 0 radical (unpaired) electrons. The molecule has 0 saturated carbocycles. The maximum Gasteiger partial charge on any atom is 0.316 e. The molecule has 6 heteroatoms. The van der Waals surface area contributed by atoms with Crippen molar-refractivity contribution in [2.45, 2.75) is 31.4 Å². The maximum absolute atomic E-state index is 12.0. The Morgan fingerprint density at radius 2 is 2.11 bits per heavy atom. The Kier molecular flexibility index (Phi) is 3.56. The van der Waals surface area contributed by atoms with Gasteiger partial charge in [0.1, 0.15) is 5.52 Å². The first-order valence-electron chi connectivity index (χ1n) is 5.92. The largest absolute Gasteiger partial charge is 0.428 e. The first kappa shape index (κ1) is 12.9. The Morgan fingerprint density at radius 1 is 1.33 bits per heavy atom. The summed E-state index contributed by atoms with van der Waals surface area (Å²) in [6.45, 7) is 2.02. The van der Waals surface area contributed by atoms with E-state index in [4.69, 9.17) is 10.2 Å². The molecule has 2 N–H and O–H groups in total. The molecule has 0 aliphatic rings. The molecular formula is C12H16N2O3S. The molecule has 1 aromatic carbocycles. The molecule has 0 aliphatic carbocycles. The van der Waals surface area contributed by atoms with E-state index in [0.717, 1.165) is 12.8 Å². The Balaban J connectivity index is 2.30. The normalized spacial score (nSPS) is 12.1. The van der Waals surface area contributed by atoms with Crippen molar-refractivity contribution >= 4 is 26.6 Å². The predicted molar refractivity (Wildman–Crippen MR) is 70.0 cm³/mol. The number of rotatable bonds is 5. The van der Waals surface area contributed by atoms with Crippen LogP contribution in [0.15, 0.2) is 27.8 Å². The number of hydrogen-bond donors (Lipinski definition) is 1. The van der Waals surface area contributed by atoms with Crippen molar-refractivity contribution in [1.29, 1.82) is 0 Å². The van der Waals surface area contributed by atoms with Crippen molar-refractivity contribution in [2.24, 2.45) is 0 Å². The Labute approximate surface area is 106 Å². The van der Waals surface area contributed by atoms with Gasteiger partial charge in [-0.2, -0.15) is 4.98 Å². The fraction of sp³-hybridized carbons (Fsp3) is 0.417. The first-order chi connectivity index (χ1) is 8.53. The van der Waals surface area contributed by atoms with Gasteiger partial charge in [0.15, 0.2) is 5.58 Å². The third-order valence-corrected chi connectivity index (χ3v) is 4.21. The summed E-state index contributed by atoms with van der Waals surface area (Å²) in [5.41, 5.74) is 7.04.